The topological polar surface area (TPSA) is 32.8 Å². The molecule has 0 bridgehead atoms. The molecule has 4 nitrogen and oxygen atoms in total. The van der Waals surface area contributed by atoms with Gasteiger partial charge in [0.1, 0.15) is 0 Å². The number of amides is 1. The highest BCUT2D eigenvalue weighted by Crippen LogP contribution is 2.31. The minimum Gasteiger partial charge on any atom is -0.383 e. The van der Waals surface area contributed by atoms with Crippen molar-refractivity contribution in [3.63, 3.8) is 0 Å². The molecule has 1 saturated heterocycles. The molecule has 1 aliphatic heterocycles. The Labute approximate surface area is 208 Å². The summed E-state index contributed by atoms with van der Waals surface area (Å²) in [5.74, 6) is 1.79. The SMILES string of the molecule is COCCN(C(C)=O)[C@H]1CC[C@H](CCCN2CCC(Cc3cc(Cl)ccc3Br)CC2)CC1. The van der Waals surface area contributed by atoms with Gasteiger partial charge in [0.2, 0.25) is 5.91 Å². The lowest BCUT2D eigenvalue weighted by atomic mass is 9.82. The maximum absolute atomic E-state index is 12.0. The molecule has 1 amide bonds. The number of halogens is 2. The molecular formula is C26H40BrClN2O2. The zero-order valence-corrected chi connectivity index (χ0v) is 22.2. The Bertz CT molecular complexity index is 716. The van der Waals surface area contributed by atoms with E-state index in [4.69, 9.17) is 16.3 Å². The van der Waals surface area contributed by atoms with Crippen molar-refractivity contribution in [1.29, 1.82) is 0 Å². The van der Waals surface area contributed by atoms with Crippen LogP contribution in [-0.2, 0) is 16.0 Å². The van der Waals surface area contributed by atoms with Gasteiger partial charge in [0.05, 0.1) is 6.61 Å². The van der Waals surface area contributed by atoms with E-state index in [0.717, 1.165) is 42.7 Å². The summed E-state index contributed by atoms with van der Waals surface area (Å²) >= 11 is 9.86. The van der Waals surface area contributed by atoms with Crippen molar-refractivity contribution in [2.24, 2.45) is 11.8 Å². The number of hydrogen-bond acceptors (Lipinski definition) is 3. The Balaban J connectivity index is 1.31. The molecule has 1 aromatic rings. The minimum atomic E-state index is 0.191. The van der Waals surface area contributed by atoms with Gasteiger partial charge in [-0.1, -0.05) is 27.5 Å². The smallest absolute Gasteiger partial charge is 0.219 e. The third-order valence-electron chi connectivity index (χ3n) is 7.51. The third-order valence-corrected chi connectivity index (χ3v) is 8.52. The second-order valence-electron chi connectivity index (χ2n) is 9.75. The molecule has 0 unspecified atom stereocenters. The fourth-order valence-corrected chi connectivity index (χ4v) is 6.16. The van der Waals surface area contributed by atoms with Gasteiger partial charge in [-0.3, -0.25) is 4.79 Å². The molecular weight excluding hydrogens is 488 g/mol. The Kier molecular flexibility index (Phi) is 10.8. The van der Waals surface area contributed by atoms with Gasteiger partial charge in [0, 0.05) is 36.1 Å². The molecule has 32 heavy (non-hydrogen) atoms. The van der Waals surface area contributed by atoms with E-state index in [1.807, 2.05) is 11.0 Å². The van der Waals surface area contributed by atoms with E-state index < -0.39 is 0 Å². The molecule has 1 saturated carbocycles. The van der Waals surface area contributed by atoms with Crippen LogP contribution in [0.25, 0.3) is 0 Å². The van der Waals surface area contributed by atoms with Crippen molar-refractivity contribution < 1.29 is 9.53 Å². The van der Waals surface area contributed by atoms with E-state index in [2.05, 4.69) is 33.0 Å². The zero-order chi connectivity index (χ0) is 22.9. The van der Waals surface area contributed by atoms with Gasteiger partial charge < -0.3 is 14.5 Å². The number of piperidine rings is 1. The van der Waals surface area contributed by atoms with Crippen molar-refractivity contribution in [2.45, 2.75) is 70.8 Å². The van der Waals surface area contributed by atoms with E-state index in [1.165, 1.54) is 68.2 Å². The molecule has 0 aromatic heterocycles. The van der Waals surface area contributed by atoms with Crippen LogP contribution in [0, 0.1) is 11.8 Å². The number of rotatable bonds is 10. The highest BCUT2D eigenvalue weighted by Gasteiger charge is 2.27. The Hall–Kier alpha value is -0.620. The fraction of sp³-hybridized carbons (Fsp3) is 0.731. The van der Waals surface area contributed by atoms with Gasteiger partial charge in [-0.05, 0) is 113 Å². The molecule has 2 aliphatic rings. The van der Waals surface area contributed by atoms with Gasteiger partial charge >= 0.3 is 0 Å². The molecule has 180 valence electrons. The van der Waals surface area contributed by atoms with Crippen molar-refractivity contribution in [3.8, 4) is 0 Å². The first-order valence-corrected chi connectivity index (χ1v) is 13.6. The van der Waals surface area contributed by atoms with Gasteiger partial charge in [-0.15, -0.1) is 0 Å². The van der Waals surface area contributed by atoms with E-state index in [1.54, 1.807) is 14.0 Å². The number of ether oxygens (including phenoxy) is 1. The summed E-state index contributed by atoms with van der Waals surface area (Å²) in [7, 11) is 1.70. The Morgan fingerprint density at radius 1 is 1.16 bits per heavy atom. The minimum absolute atomic E-state index is 0.191. The van der Waals surface area contributed by atoms with Gasteiger partial charge in [-0.25, -0.2) is 0 Å². The summed E-state index contributed by atoms with van der Waals surface area (Å²) < 4.78 is 6.37. The first kappa shape index (κ1) is 26.0. The van der Waals surface area contributed by atoms with E-state index in [0.29, 0.717) is 12.6 Å². The van der Waals surface area contributed by atoms with Crippen LogP contribution >= 0.6 is 27.5 Å². The van der Waals surface area contributed by atoms with E-state index in [-0.39, 0.29) is 5.91 Å². The fourth-order valence-electron chi connectivity index (χ4n) is 5.56. The lowest BCUT2D eigenvalue weighted by molar-refractivity contribution is -0.132. The molecule has 6 heteroatoms. The van der Waals surface area contributed by atoms with Crippen LogP contribution in [0.1, 0.15) is 63.9 Å². The van der Waals surface area contributed by atoms with Gasteiger partial charge in [0.15, 0.2) is 0 Å². The quantitative estimate of drug-likeness (QED) is 0.364. The molecule has 0 N–H and O–H groups in total. The highest BCUT2D eigenvalue weighted by atomic mass is 79.9. The second-order valence-corrected chi connectivity index (χ2v) is 11.0. The van der Waals surface area contributed by atoms with Crippen LogP contribution in [0.4, 0.5) is 0 Å². The summed E-state index contributed by atoms with van der Waals surface area (Å²) in [6.45, 7) is 6.74. The number of benzene rings is 1. The summed E-state index contributed by atoms with van der Waals surface area (Å²) in [6.07, 6.45) is 11.2. The van der Waals surface area contributed by atoms with Crippen LogP contribution in [0.5, 0.6) is 0 Å². The number of hydrogen-bond donors (Lipinski definition) is 0. The van der Waals surface area contributed by atoms with Crippen molar-refractivity contribution in [1.82, 2.24) is 9.80 Å². The summed E-state index contributed by atoms with van der Waals surface area (Å²) in [6, 6.07) is 6.54. The standard InChI is InChI=1S/C26H40BrClN2O2/c1-20(31)30(16-17-32-2)25-8-5-21(6-9-25)4-3-13-29-14-11-22(12-15-29)18-23-19-24(28)7-10-26(23)27/h7,10,19,21-22,25H,3-6,8-9,11-18H2,1-2H3/t21-,25-. The van der Waals surface area contributed by atoms with Crippen molar-refractivity contribution in [3.05, 3.63) is 33.3 Å². The monoisotopic (exact) mass is 526 g/mol. The predicted octanol–water partition coefficient (Wildman–Crippen LogP) is 6.19. The van der Waals surface area contributed by atoms with Crippen LogP contribution < -0.4 is 0 Å². The predicted molar refractivity (Wildman–Crippen MR) is 136 cm³/mol. The maximum atomic E-state index is 12.0. The first-order valence-electron chi connectivity index (χ1n) is 12.4. The van der Waals surface area contributed by atoms with Crippen molar-refractivity contribution >= 4 is 33.4 Å². The molecule has 0 spiro atoms. The largest absolute Gasteiger partial charge is 0.383 e. The molecule has 3 rings (SSSR count). The number of methoxy groups -OCH3 is 1. The van der Waals surface area contributed by atoms with Crippen LogP contribution in [0.2, 0.25) is 5.02 Å². The highest BCUT2D eigenvalue weighted by molar-refractivity contribution is 9.10. The van der Waals surface area contributed by atoms with Crippen LogP contribution in [0.15, 0.2) is 22.7 Å². The second kappa shape index (κ2) is 13.3. The zero-order valence-electron chi connectivity index (χ0n) is 19.8. The number of nitrogens with zero attached hydrogens (tertiary/aromatic N) is 2. The Morgan fingerprint density at radius 3 is 2.53 bits per heavy atom. The summed E-state index contributed by atoms with van der Waals surface area (Å²) in [4.78, 5) is 16.7. The first-order chi connectivity index (χ1) is 15.5. The van der Waals surface area contributed by atoms with E-state index in [9.17, 15) is 4.79 Å². The molecule has 2 fully saturated rings. The average molecular weight is 528 g/mol. The molecule has 1 aliphatic carbocycles. The lowest BCUT2D eigenvalue weighted by Crippen LogP contribution is -2.43. The molecule has 1 heterocycles. The molecule has 0 atom stereocenters. The van der Waals surface area contributed by atoms with Crippen LogP contribution in [-0.4, -0.2) is 61.6 Å². The van der Waals surface area contributed by atoms with E-state index >= 15 is 0 Å². The van der Waals surface area contributed by atoms with Gasteiger partial charge in [-0.2, -0.15) is 0 Å². The lowest BCUT2D eigenvalue weighted by Gasteiger charge is -2.37. The van der Waals surface area contributed by atoms with Crippen LogP contribution in [0.3, 0.4) is 0 Å². The molecule has 0 radical (unpaired) electrons. The number of carbonyl (C=O) groups is 1. The third kappa shape index (κ3) is 8.00. The van der Waals surface area contributed by atoms with Crippen molar-refractivity contribution in [2.75, 3.05) is 39.9 Å². The summed E-state index contributed by atoms with van der Waals surface area (Å²) in [5, 5.41) is 0.832. The summed E-state index contributed by atoms with van der Waals surface area (Å²) in [5.41, 5.74) is 1.34. The normalized spacial score (nSPS) is 22.8. The Morgan fingerprint density at radius 2 is 1.88 bits per heavy atom. The van der Waals surface area contributed by atoms with Gasteiger partial charge in [0.25, 0.3) is 0 Å². The number of likely N-dealkylation sites (tertiary alicyclic amines) is 1. The number of carbonyl (C=O) groups excluding carboxylic acids is 1. The maximum Gasteiger partial charge on any atom is 0.219 e. The molecule has 1 aromatic carbocycles. The average Bonchev–Trinajstić information content (AvgIpc) is 2.78.